The third-order valence-corrected chi connectivity index (χ3v) is 7.07. The lowest BCUT2D eigenvalue weighted by Crippen LogP contribution is -2.51. The van der Waals surface area contributed by atoms with Gasteiger partial charge in [0.2, 0.25) is 0 Å². The van der Waals surface area contributed by atoms with Crippen LogP contribution in [-0.2, 0) is 6.42 Å². The summed E-state index contributed by atoms with van der Waals surface area (Å²) in [5.41, 5.74) is 4.69. The van der Waals surface area contributed by atoms with Crippen molar-refractivity contribution in [3.63, 3.8) is 0 Å². The van der Waals surface area contributed by atoms with Gasteiger partial charge in [-0.05, 0) is 50.6 Å². The first kappa shape index (κ1) is 21.9. The number of Topliss-reactive ketones (excluding diaryl/α,β-unsaturated/α-hetero) is 1. The maximum absolute atomic E-state index is 12.9. The number of piperidine rings is 1. The molecule has 0 aliphatic carbocycles. The fourth-order valence-corrected chi connectivity index (χ4v) is 5.13. The van der Waals surface area contributed by atoms with Crippen molar-refractivity contribution in [1.29, 1.82) is 0 Å². The standard InChI is InChI=1S/C27H28ClN3O2/c1-17-4-9-25-23(14-17)24(32)16-27(33-25)10-12-31(13-11-27)26-22(18(2)29-19(3)30-26)15-20-5-7-21(28)8-6-20/h4-9,14H,10-13,15-16H2,1-3H3. The number of hydrogen-bond acceptors (Lipinski definition) is 5. The lowest BCUT2D eigenvalue weighted by Gasteiger charge is -2.44. The first-order chi connectivity index (χ1) is 15.8. The number of aromatic nitrogens is 2. The van der Waals surface area contributed by atoms with Crippen molar-refractivity contribution in [3.05, 3.63) is 81.3 Å². The van der Waals surface area contributed by atoms with Crippen LogP contribution < -0.4 is 9.64 Å². The molecule has 0 bridgehead atoms. The van der Waals surface area contributed by atoms with Crippen LogP contribution in [0.25, 0.3) is 0 Å². The first-order valence-electron chi connectivity index (χ1n) is 11.5. The molecule has 3 aromatic rings. The van der Waals surface area contributed by atoms with Gasteiger partial charge in [-0.15, -0.1) is 0 Å². The molecule has 33 heavy (non-hydrogen) atoms. The molecule has 1 saturated heterocycles. The highest BCUT2D eigenvalue weighted by atomic mass is 35.5. The molecule has 0 unspecified atom stereocenters. The van der Waals surface area contributed by atoms with Gasteiger partial charge in [-0.1, -0.05) is 35.4 Å². The molecule has 1 fully saturated rings. The number of fused-ring (bicyclic) bond motifs is 1. The fraction of sp³-hybridized carbons (Fsp3) is 0.370. The van der Waals surface area contributed by atoms with Gasteiger partial charge in [0.1, 0.15) is 23.0 Å². The number of halogens is 1. The van der Waals surface area contributed by atoms with Crippen LogP contribution in [-0.4, -0.2) is 34.4 Å². The van der Waals surface area contributed by atoms with Gasteiger partial charge in [0.25, 0.3) is 0 Å². The Morgan fingerprint density at radius 1 is 1.03 bits per heavy atom. The highest BCUT2D eigenvalue weighted by Crippen LogP contribution is 2.40. The molecule has 5 rings (SSSR count). The number of ether oxygens (including phenoxy) is 1. The van der Waals surface area contributed by atoms with E-state index in [2.05, 4.69) is 28.9 Å². The maximum atomic E-state index is 12.9. The number of hydrogen-bond donors (Lipinski definition) is 0. The second-order valence-corrected chi connectivity index (χ2v) is 9.77. The zero-order chi connectivity index (χ0) is 23.2. The highest BCUT2D eigenvalue weighted by molar-refractivity contribution is 6.30. The van der Waals surface area contributed by atoms with E-state index >= 15 is 0 Å². The molecule has 0 atom stereocenters. The molecule has 0 N–H and O–H groups in total. The number of carbonyl (C=O) groups is 1. The summed E-state index contributed by atoms with van der Waals surface area (Å²) in [6.45, 7) is 7.58. The summed E-state index contributed by atoms with van der Waals surface area (Å²) in [6, 6.07) is 13.8. The minimum absolute atomic E-state index is 0.186. The van der Waals surface area contributed by atoms with Crippen molar-refractivity contribution < 1.29 is 9.53 Å². The quantitative estimate of drug-likeness (QED) is 0.504. The minimum Gasteiger partial charge on any atom is -0.486 e. The van der Waals surface area contributed by atoms with Crippen LogP contribution in [0.1, 0.15) is 57.8 Å². The molecule has 2 aliphatic rings. The Bertz CT molecular complexity index is 1210. The average Bonchev–Trinajstić information content (AvgIpc) is 2.78. The van der Waals surface area contributed by atoms with E-state index in [1.165, 1.54) is 5.56 Å². The van der Waals surface area contributed by atoms with Crippen molar-refractivity contribution in [2.75, 3.05) is 18.0 Å². The Balaban J connectivity index is 1.38. The number of carbonyl (C=O) groups excluding carboxylic acids is 1. The van der Waals surface area contributed by atoms with E-state index in [4.69, 9.17) is 21.3 Å². The molecule has 6 heteroatoms. The van der Waals surface area contributed by atoms with E-state index < -0.39 is 5.60 Å². The third kappa shape index (κ3) is 4.34. The number of benzene rings is 2. The number of anilines is 1. The van der Waals surface area contributed by atoms with Gasteiger partial charge in [0.05, 0.1) is 12.0 Å². The molecule has 170 valence electrons. The van der Waals surface area contributed by atoms with Crippen molar-refractivity contribution in [3.8, 4) is 5.75 Å². The van der Waals surface area contributed by atoms with Gasteiger partial charge in [0, 0.05) is 48.6 Å². The SMILES string of the molecule is Cc1ccc2c(c1)C(=O)CC1(CCN(c3nc(C)nc(C)c3Cc3ccc(Cl)cc3)CC1)O2. The Kier molecular flexibility index (Phi) is 5.61. The molecule has 0 radical (unpaired) electrons. The normalized spacial score (nSPS) is 17.1. The molecule has 0 saturated carbocycles. The smallest absolute Gasteiger partial charge is 0.170 e. The Morgan fingerprint density at radius 2 is 1.76 bits per heavy atom. The summed E-state index contributed by atoms with van der Waals surface area (Å²) in [4.78, 5) is 24.7. The summed E-state index contributed by atoms with van der Waals surface area (Å²) >= 11 is 6.07. The predicted octanol–water partition coefficient (Wildman–Crippen LogP) is 5.65. The van der Waals surface area contributed by atoms with E-state index in [0.717, 1.165) is 77.2 Å². The molecule has 1 spiro atoms. The molecular formula is C27H28ClN3O2. The van der Waals surface area contributed by atoms with Gasteiger partial charge >= 0.3 is 0 Å². The summed E-state index contributed by atoms with van der Waals surface area (Å²) in [6.07, 6.45) is 2.77. The monoisotopic (exact) mass is 461 g/mol. The maximum Gasteiger partial charge on any atom is 0.170 e. The lowest BCUT2D eigenvalue weighted by atomic mass is 9.82. The number of rotatable bonds is 3. The van der Waals surface area contributed by atoms with Gasteiger partial charge in [0.15, 0.2) is 5.78 Å². The molecule has 5 nitrogen and oxygen atoms in total. The molecule has 0 amide bonds. The van der Waals surface area contributed by atoms with Gasteiger partial charge in [-0.2, -0.15) is 0 Å². The molecule has 3 heterocycles. The fourth-order valence-electron chi connectivity index (χ4n) is 5.01. The Hall–Kier alpha value is -2.92. The van der Waals surface area contributed by atoms with Crippen molar-refractivity contribution in [2.24, 2.45) is 0 Å². The minimum atomic E-state index is -0.427. The van der Waals surface area contributed by atoms with Crippen LogP contribution in [0.4, 0.5) is 5.82 Å². The zero-order valence-electron chi connectivity index (χ0n) is 19.3. The Morgan fingerprint density at radius 3 is 2.48 bits per heavy atom. The van der Waals surface area contributed by atoms with E-state index in [9.17, 15) is 4.79 Å². The highest BCUT2D eigenvalue weighted by Gasteiger charge is 2.43. The predicted molar refractivity (Wildman–Crippen MR) is 131 cm³/mol. The second kappa shape index (κ2) is 8.45. The van der Waals surface area contributed by atoms with E-state index in [-0.39, 0.29) is 5.78 Å². The molecule has 2 aliphatic heterocycles. The van der Waals surface area contributed by atoms with E-state index in [1.807, 2.05) is 44.2 Å². The van der Waals surface area contributed by atoms with Crippen molar-refractivity contribution in [1.82, 2.24) is 9.97 Å². The summed E-state index contributed by atoms with van der Waals surface area (Å²) in [5.74, 6) is 2.67. The first-order valence-corrected chi connectivity index (χ1v) is 11.9. The van der Waals surface area contributed by atoms with E-state index in [1.54, 1.807) is 0 Å². The van der Waals surface area contributed by atoms with Gasteiger partial charge in [-0.25, -0.2) is 9.97 Å². The average molecular weight is 462 g/mol. The number of ketones is 1. The number of aryl methyl sites for hydroxylation is 3. The number of nitrogens with zero attached hydrogens (tertiary/aromatic N) is 3. The summed E-state index contributed by atoms with van der Waals surface area (Å²) < 4.78 is 6.46. The molecular weight excluding hydrogens is 434 g/mol. The topological polar surface area (TPSA) is 55.3 Å². The second-order valence-electron chi connectivity index (χ2n) is 9.33. The summed E-state index contributed by atoms with van der Waals surface area (Å²) in [5, 5.41) is 0.732. The largest absolute Gasteiger partial charge is 0.486 e. The zero-order valence-corrected chi connectivity index (χ0v) is 20.1. The molecule has 2 aromatic carbocycles. The van der Waals surface area contributed by atoms with Gasteiger partial charge < -0.3 is 9.64 Å². The lowest BCUT2D eigenvalue weighted by molar-refractivity contribution is 0.0230. The van der Waals surface area contributed by atoms with Crippen LogP contribution >= 0.6 is 11.6 Å². The van der Waals surface area contributed by atoms with Crippen LogP contribution in [0.3, 0.4) is 0 Å². The Labute approximate surface area is 199 Å². The summed E-state index contributed by atoms with van der Waals surface area (Å²) in [7, 11) is 0. The third-order valence-electron chi connectivity index (χ3n) is 6.82. The van der Waals surface area contributed by atoms with Crippen LogP contribution in [0, 0.1) is 20.8 Å². The van der Waals surface area contributed by atoms with Crippen molar-refractivity contribution >= 4 is 23.2 Å². The van der Waals surface area contributed by atoms with Crippen LogP contribution in [0.2, 0.25) is 5.02 Å². The van der Waals surface area contributed by atoms with Crippen molar-refractivity contribution in [2.45, 2.75) is 52.1 Å². The molecule has 1 aromatic heterocycles. The van der Waals surface area contributed by atoms with E-state index in [0.29, 0.717) is 6.42 Å². The van der Waals surface area contributed by atoms with Gasteiger partial charge in [-0.3, -0.25) is 4.79 Å². The van der Waals surface area contributed by atoms with Crippen LogP contribution in [0.15, 0.2) is 42.5 Å². The van der Waals surface area contributed by atoms with Crippen LogP contribution in [0.5, 0.6) is 5.75 Å².